The maximum Gasteiger partial charge on any atom is 0.337 e. The van der Waals surface area contributed by atoms with Gasteiger partial charge in [-0.2, -0.15) is 0 Å². The van der Waals surface area contributed by atoms with E-state index in [1.807, 2.05) is 0 Å². The largest absolute Gasteiger partial charge is 0.478 e. The summed E-state index contributed by atoms with van der Waals surface area (Å²) < 4.78 is 0. The number of rotatable bonds is 12. The van der Waals surface area contributed by atoms with Gasteiger partial charge in [0.1, 0.15) is 0 Å². The Morgan fingerprint density at radius 1 is 0.529 bits per heavy atom. The number of carboxylic acid groups (broad SMARTS) is 3. The predicted molar refractivity (Wildman–Crippen MR) is 133 cm³/mol. The molecule has 0 amide bonds. The van der Waals surface area contributed by atoms with Crippen molar-refractivity contribution in [2.45, 2.75) is 0 Å². The van der Waals surface area contributed by atoms with Crippen LogP contribution < -0.4 is 16.0 Å². The minimum Gasteiger partial charge on any atom is -0.478 e. The van der Waals surface area contributed by atoms with E-state index in [9.17, 15) is 29.7 Å². The van der Waals surface area contributed by atoms with Crippen LogP contribution >= 0.6 is 7.92 Å². The SMILES string of the molecule is O=C(O)c1ccccc1NCP(CNc1ccccc1C(=O)O)CNc1ccccc1C(=O)O. The second kappa shape index (κ2) is 11.7. The molecular weight excluding hydrogens is 457 g/mol. The molecule has 3 rings (SSSR count). The van der Waals surface area contributed by atoms with E-state index < -0.39 is 25.8 Å². The highest BCUT2D eigenvalue weighted by Crippen LogP contribution is 2.36. The molecule has 10 heteroatoms. The average Bonchev–Trinajstić information content (AvgIpc) is 2.83. The molecule has 0 aromatic heterocycles. The van der Waals surface area contributed by atoms with Crippen LogP contribution in [0.1, 0.15) is 31.1 Å². The van der Waals surface area contributed by atoms with Gasteiger partial charge in [-0.1, -0.05) is 36.4 Å². The molecule has 0 aliphatic rings. The summed E-state index contributed by atoms with van der Waals surface area (Å²) >= 11 is 0. The molecular formula is C24H24N3O6P. The fourth-order valence-electron chi connectivity index (χ4n) is 3.23. The topological polar surface area (TPSA) is 148 Å². The maximum atomic E-state index is 11.5. The lowest BCUT2D eigenvalue weighted by atomic mass is 10.2. The summed E-state index contributed by atoms with van der Waals surface area (Å²) in [7, 11) is -0.939. The third-order valence-electron chi connectivity index (χ3n) is 4.95. The quantitative estimate of drug-likeness (QED) is 0.201. The molecule has 0 unspecified atom stereocenters. The van der Waals surface area contributed by atoms with Crippen LogP contribution in [0.4, 0.5) is 17.1 Å². The molecule has 0 saturated carbocycles. The van der Waals surface area contributed by atoms with E-state index >= 15 is 0 Å². The summed E-state index contributed by atoms with van der Waals surface area (Å²) in [6.07, 6.45) is 1.22. The standard InChI is InChI=1S/C24H24N3O6P/c28-22(29)16-7-1-4-10-19(16)25-13-34(14-26-20-11-5-2-8-17(20)23(30)31)15-27-21-12-6-3-9-18(21)24(32)33/h1-12,25-27H,13-15H2,(H,28,29)(H,30,31)(H,32,33). The van der Waals surface area contributed by atoms with E-state index in [0.29, 0.717) is 35.9 Å². The zero-order valence-corrected chi connectivity index (χ0v) is 19.0. The van der Waals surface area contributed by atoms with Crippen LogP contribution in [-0.4, -0.2) is 52.1 Å². The number of anilines is 3. The molecule has 34 heavy (non-hydrogen) atoms. The van der Waals surface area contributed by atoms with Crippen molar-refractivity contribution < 1.29 is 29.7 Å². The van der Waals surface area contributed by atoms with Gasteiger partial charge in [-0.3, -0.25) is 0 Å². The van der Waals surface area contributed by atoms with Crippen molar-refractivity contribution in [1.29, 1.82) is 0 Å². The van der Waals surface area contributed by atoms with Gasteiger partial charge in [-0.25, -0.2) is 14.4 Å². The number of nitrogens with one attached hydrogen (secondary N) is 3. The van der Waals surface area contributed by atoms with Crippen LogP contribution in [0.15, 0.2) is 72.8 Å². The Morgan fingerprint density at radius 2 is 0.794 bits per heavy atom. The molecule has 0 radical (unpaired) electrons. The summed E-state index contributed by atoms with van der Waals surface area (Å²) in [5.74, 6) is -3.14. The zero-order chi connectivity index (χ0) is 24.5. The fourth-order valence-corrected chi connectivity index (χ4v) is 4.75. The first kappa shape index (κ1) is 24.5. The minimum atomic E-state index is -1.05. The van der Waals surface area contributed by atoms with Crippen LogP contribution in [0, 0.1) is 0 Å². The van der Waals surface area contributed by atoms with E-state index in [4.69, 9.17) is 0 Å². The Bertz CT molecular complexity index is 1040. The van der Waals surface area contributed by atoms with Crippen LogP contribution in [0.2, 0.25) is 0 Å². The Balaban J connectivity index is 1.77. The van der Waals surface area contributed by atoms with Gasteiger partial charge in [-0.05, 0) is 44.3 Å². The lowest BCUT2D eigenvalue weighted by Gasteiger charge is -2.23. The number of hydrogen-bond donors (Lipinski definition) is 6. The van der Waals surface area contributed by atoms with E-state index in [1.165, 1.54) is 18.2 Å². The van der Waals surface area contributed by atoms with Crippen molar-refractivity contribution in [3.63, 3.8) is 0 Å². The number of para-hydroxylation sites is 3. The molecule has 0 heterocycles. The van der Waals surface area contributed by atoms with Crippen molar-refractivity contribution in [2.75, 3.05) is 34.8 Å². The highest BCUT2D eigenvalue weighted by Gasteiger charge is 2.16. The summed E-state index contributed by atoms with van der Waals surface area (Å²) in [6.45, 7) is 0. The highest BCUT2D eigenvalue weighted by atomic mass is 31.1. The minimum absolute atomic E-state index is 0.144. The van der Waals surface area contributed by atoms with Crippen LogP contribution in [0.3, 0.4) is 0 Å². The van der Waals surface area contributed by atoms with Gasteiger partial charge in [0.15, 0.2) is 0 Å². The second-order valence-electron chi connectivity index (χ2n) is 7.23. The monoisotopic (exact) mass is 481 g/mol. The first-order valence-corrected chi connectivity index (χ1v) is 12.2. The molecule has 0 saturated heterocycles. The van der Waals surface area contributed by atoms with Gasteiger partial charge in [-0.15, -0.1) is 0 Å². The molecule has 0 bridgehead atoms. The van der Waals surface area contributed by atoms with Gasteiger partial charge in [0.2, 0.25) is 0 Å². The predicted octanol–water partition coefficient (Wildman–Crippen LogP) is 4.77. The normalized spacial score (nSPS) is 10.5. The Morgan fingerprint density at radius 3 is 1.06 bits per heavy atom. The Hall–Kier alpha value is -4.10. The van der Waals surface area contributed by atoms with Crippen molar-refractivity contribution in [2.24, 2.45) is 0 Å². The lowest BCUT2D eigenvalue weighted by Crippen LogP contribution is -2.16. The summed E-state index contributed by atoms with van der Waals surface area (Å²) in [5.41, 5.74) is 1.85. The summed E-state index contributed by atoms with van der Waals surface area (Å²) in [4.78, 5) is 34.6. The highest BCUT2D eigenvalue weighted by molar-refractivity contribution is 7.58. The molecule has 6 N–H and O–H groups in total. The van der Waals surface area contributed by atoms with Crippen LogP contribution in [-0.2, 0) is 0 Å². The summed E-state index contributed by atoms with van der Waals surface area (Å²) in [6, 6.07) is 19.7. The number of carboxylic acids is 3. The second-order valence-corrected chi connectivity index (χ2v) is 9.52. The van der Waals surface area contributed by atoms with E-state index in [-0.39, 0.29) is 16.7 Å². The number of benzene rings is 3. The molecule has 3 aromatic carbocycles. The van der Waals surface area contributed by atoms with Crippen molar-refractivity contribution in [3.8, 4) is 0 Å². The van der Waals surface area contributed by atoms with Crippen LogP contribution in [0.25, 0.3) is 0 Å². The first-order valence-electron chi connectivity index (χ1n) is 10.3. The van der Waals surface area contributed by atoms with Crippen molar-refractivity contribution in [3.05, 3.63) is 89.5 Å². The Labute approximate surface area is 197 Å². The number of hydrogen-bond acceptors (Lipinski definition) is 6. The molecule has 0 aliphatic carbocycles. The van der Waals surface area contributed by atoms with E-state index in [2.05, 4.69) is 16.0 Å². The number of carbonyl (C=O) groups is 3. The first-order chi connectivity index (χ1) is 16.4. The number of aromatic carboxylic acids is 3. The smallest absolute Gasteiger partial charge is 0.337 e. The maximum absolute atomic E-state index is 11.5. The molecule has 0 atom stereocenters. The van der Waals surface area contributed by atoms with Gasteiger partial charge < -0.3 is 31.3 Å². The molecule has 3 aromatic rings. The van der Waals surface area contributed by atoms with Gasteiger partial charge >= 0.3 is 17.9 Å². The molecule has 0 spiro atoms. The average molecular weight is 481 g/mol. The van der Waals surface area contributed by atoms with E-state index in [1.54, 1.807) is 54.6 Å². The molecule has 9 nitrogen and oxygen atoms in total. The third kappa shape index (κ3) is 6.46. The van der Waals surface area contributed by atoms with Crippen molar-refractivity contribution >= 4 is 42.9 Å². The molecule has 0 aliphatic heterocycles. The van der Waals surface area contributed by atoms with Gasteiger partial charge in [0.05, 0.1) is 16.7 Å². The van der Waals surface area contributed by atoms with Crippen LogP contribution in [0.5, 0.6) is 0 Å². The van der Waals surface area contributed by atoms with Gasteiger partial charge in [0.25, 0.3) is 0 Å². The third-order valence-corrected chi connectivity index (χ3v) is 6.77. The molecule has 0 fully saturated rings. The summed E-state index contributed by atoms with van der Waals surface area (Å²) in [5, 5.41) is 37.8. The van der Waals surface area contributed by atoms with Crippen molar-refractivity contribution in [1.82, 2.24) is 0 Å². The van der Waals surface area contributed by atoms with Gasteiger partial charge in [0, 0.05) is 35.9 Å². The zero-order valence-electron chi connectivity index (χ0n) is 18.1. The fraction of sp³-hybridized carbons (Fsp3) is 0.125. The lowest BCUT2D eigenvalue weighted by molar-refractivity contribution is 0.0687. The Kier molecular flexibility index (Phi) is 8.43. The molecule has 176 valence electrons. The van der Waals surface area contributed by atoms with E-state index in [0.717, 1.165) is 0 Å².